The van der Waals surface area contributed by atoms with Gasteiger partial charge in [-0.05, 0) is 25.1 Å². The summed E-state index contributed by atoms with van der Waals surface area (Å²) >= 11 is 0. The van der Waals surface area contributed by atoms with Crippen molar-refractivity contribution in [1.29, 1.82) is 0 Å². The van der Waals surface area contributed by atoms with E-state index in [2.05, 4.69) is 4.98 Å². The molecule has 4 heteroatoms. The first kappa shape index (κ1) is 13.1. The van der Waals surface area contributed by atoms with Crippen molar-refractivity contribution in [3.8, 4) is 16.9 Å². The first-order valence-corrected chi connectivity index (χ1v) is 6.58. The number of imidazole rings is 1. The summed E-state index contributed by atoms with van der Waals surface area (Å²) in [7, 11) is 0. The standard InChI is InChI=1S/C17H14N2O2/c1-12-5-7-13(8-6-12)16-10-19(11-18-16)15-4-2-3-14(9-15)17(20)21/h2-11H,1H3,(H,20,21). The number of aromatic nitrogens is 2. The Balaban J connectivity index is 1.96. The highest BCUT2D eigenvalue weighted by Crippen LogP contribution is 2.20. The van der Waals surface area contributed by atoms with E-state index in [0.717, 1.165) is 16.9 Å². The molecule has 2 aromatic carbocycles. The summed E-state index contributed by atoms with van der Waals surface area (Å²) < 4.78 is 1.82. The SMILES string of the molecule is Cc1ccc(-c2cn(-c3cccc(C(=O)O)c3)cn2)cc1. The second kappa shape index (κ2) is 5.25. The van der Waals surface area contributed by atoms with E-state index in [1.807, 2.05) is 48.0 Å². The van der Waals surface area contributed by atoms with Gasteiger partial charge in [-0.25, -0.2) is 9.78 Å². The zero-order valence-corrected chi connectivity index (χ0v) is 11.5. The van der Waals surface area contributed by atoms with Crippen molar-refractivity contribution in [1.82, 2.24) is 9.55 Å². The van der Waals surface area contributed by atoms with Gasteiger partial charge in [-0.3, -0.25) is 0 Å². The lowest BCUT2D eigenvalue weighted by Crippen LogP contribution is -1.98. The quantitative estimate of drug-likeness (QED) is 0.797. The molecule has 0 atom stereocenters. The van der Waals surface area contributed by atoms with Crippen LogP contribution >= 0.6 is 0 Å². The molecule has 0 bridgehead atoms. The summed E-state index contributed by atoms with van der Waals surface area (Å²) in [5, 5.41) is 9.04. The summed E-state index contributed by atoms with van der Waals surface area (Å²) in [6, 6.07) is 14.9. The Hall–Kier alpha value is -2.88. The topological polar surface area (TPSA) is 55.1 Å². The van der Waals surface area contributed by atoms with Crippen molar-refractivity contribution in [3.63, 3.8) is 0 Å². The molecule has 0 amide bonds. The molecule has 0 fully saturated rings. The highest BCUT2D eigenvalue weighted by atomic mass is 16.4. The molecule has 0 spiro atoms. The molecule has 1 N–H and O–H groups in total. The molecule has 21 heavy (non-hydrogen) atoms. The Kier molecular flexibility index (Phi) is 3.28. The van der Waals surface area contributed by atoms with Crippen molar-refractivity contribution in [3.05, 3.63) is 72.2 Å². The molecule has 0 aliphatic carbocycles. The van der Waals surface area contributed by atoms with Crippen LogP contribution < -0.4 is 0 Å². The normalized spacial score (nSPS) is 10.5. The van der Waals surface area contributed by atoms with Crippen LogP contribution in [0.5, 0.6) is 0 Å². The molecule has 0 aliphatic rings. The van der Waals surface area contributed by atoms with Crippen LogP contribution in [0, 0.1) is 6.92 Å². The van der Waals surface area contributed by atoms with Crippen LogP contribution in [-0.4, -0.2) is 20.6 Å². The smallest absolute Gasteiger partial charge is 0.335 e. The van der Waals surface area contributed by atoms with E-state index >= 15 is 0 Å². The van der Waals surface area contributed by atoms with Crippen LogP contribution in [0.1, 0.15) is 15.9 Å². The number of aryl methyl sites for hydroxylation is 1. The maximum atomic E-state index is 11.0. The minimum atomic E-state index is -0.935. The maximum absolute atomic E-state index is 11.0. The minimum Gasteiger partial charge on any atom is -0.478 e. The van der Waals surface area contributed by atoms with E-state index in [1.54, 1.807) is 24.5 Å². The highest BCUT2D eigenvalue weighted by molar-refractivity contribution is 5.88. The van der Waals surface area contributed by atoms with Crippen molar-refractivity contribution in [2.24, 2.45) is 0 Å². The van der Waals surface area contributed by atoms with E-state index in [0.29, 0.717) is 0 Å². The van der Waals surface area contributed by atoms with Crippen LogP contribution in [0.4, 0.5) is 0 Å². The molecule has 1 aromatic heterocycles. The molecule has 0 saturated heterocycles. The number of nitrogens with zero attached hydrogens (tertiary/aromatic N) is 2. The number of rotatable bonds is 3. The molecule has 0 saturated carbocycles. The first-order chi connectivity index (χ1) is 10.1. The average Bonchev–Trinajstić information content (AvgIpc) is 2.98. The van der Waals surface area contributed by atoms with E-state index in [-0.39, 0.29) is 5.56 Å². The third kappa shape index (κ3) is 2.69. The van der Waals surface area contributed by atoms with Crippen LogP contribution in [0.3, 0.4) is 0 Å². The lowest BCUT2D eigenvalue weighted by atomic mass is 10.1. The third-order valence-corrected chi connectivity index (χ3v) is 3.32. The van der Waals surface area contributed by atoms with Gasteiger partial charge in [-0.1, -0.05) is 35.9 Å². The van der Waals surface area contributed by atoms with Gasteiger partial charge in [0.25, 0.3) is 0 Å². The van der Waals surface area contributed by atoms with E-state index in [4.69, 9.17) is 5.11 Å². The molecule has 0 aliphatic heterocycles. The van der Waals surface area contributed by atoms with Gasteiger partial charge in [0.2, 0.25) is 0 Å². The van der Waals surface area contributed by atoms with Crippen LogP contribution in [-0.2, 0) is 0 Å². The Morgan fingerprint density at radius 3 is 2.62 bits per heavy atom. The number of hydrogen-bond acceptors (Lipinski definition) is 2. The van der Waals surface area contributed by atoms with Crippen LogP contribution in [0.25, 0.3) is 16.9 Å². The summed E-state index contributed by atoms with van der Waals surface area (Å²) in [6.45, 7) is 2.04. The Morgan fingerprint density at radius 1 is 1.14 bits per heavy atom. The number of carbonyl (C=O) groups is 1. The summed E-state index contributed by atoms with van der Waals surface area (Å²) in [5.74, 6) is -0.935. The number of carboxylic acids is 1. The summed E-state index contributed by atoms with van der Waals surface area (Å²) in [4.78, 5) is 15.4. The van der Waals surface area contributed by atoms with Gasteiger partial charge in [0.15, 0.2) is 0 Å². The lowest BCUT2D eigenvalue weighted by molar-refractivity contribution is 0.0697. The van der Waals surface area contributed by atoms with E-state index in [1.165, 1.54) is 5.56 Å². The second-order valence-corrected chi connectivity index (χ2v) is 4.89. The van der Waals surface area contributed by atoms with Gasteiger partial charge in [0, 0.05) is 17.4 Å². The van der Waals surface area contributed by atoms with Gasteiger partial charge in [0.05, 0.1) is 17.6 Å². The fourth-order valence-electron chi connectivity index (χ4n) is 2.14. The summed E-state index contributed by atoms with van der Waals surface area (Å²) in [6.07, 6.45) is 3.59. The number of hydrogen-bond donors (Lipinski definition) is 1. The maximum Gasteiger partial charge on any atom is 0.335 e. The van der Waals surface area contributed by atoms with Gasteiger partial charge in [0.1, 0.15) is 0 Å². The fraction of sp³-hybridized carbons (Fsp3) is 0.0588. The highest BCUT2D eigenvalue weighted by Gasteiger charge is 2.06. The number of benzene rings is 2. The van der Waals surface area contributed by atoms with Gasteiger partial charge < -0.3 is 9.67 Å². The van der Waals surface area contributed by atoms with Crippen molar-refractivity contribution >= 4 is 5.97 Å². The number of carboxylic acid groups (broad SMARTS) is 1. The predicted octanol–water partition coefficient (Wildman–Crippen LogP) is 3.55. The molecular formula is C17H14N2O2. The van der Waals surface area contributed by atoms with E-state index in [9.17, 15) is 4.79 Å². The van der Waals surface area contributed by atoms with Crippen molar-refractivity contribution in [2.75, 3.05) is 0 Å². The molecule has 0 unspecified atom stereocenters. The summed E-state index contributed by atoms with van der Waals surface area (Å²) in [5.41, 5.74) is 4.13. The Bertz CT molecular complexity index is 789. The van der Waals surface area contributed by atoms with E-state index < -0.39 is 5.97 Å². The lowest BCUT2D eigenvalue weighted by Gasteiger charge is -2.03. The first-order valence-electron chi connectivity index (χ1n) is 6.58. The monoisotopic (exact) mass is 278 g/mol. The average molecular weight is 278 g/mol. The molecule has 1 heterocycles. The molecule has 3 aromatic rings. The predicted molar refractivity (Wildman–Crippen MR) is 80.7 cm³/mol. The number of aromatic carboxylic acids is 1. The van der Waals surface area contributed by atoms with Gasteiger partial charge in [-0.15, -0.1) is 0 Å². The minimum absolute atomic E-state index is 0.262. The molecule has 0 radical (unpaired) electrons. The Labute approximate surface area is 122 Å². The van der Waals surface area contributed by atoms with Crippen LogP contribution in [0.2, 0.25) is 0 Å². The van der Waals surface area contributed by atoms with Gasteiger partial charge in [-0.2, -0.15) is 0 Å². The van der Waals surface area contributed by atoms with Crippen molar-refractivity contribution in [2.45, 2.75) is 6.92 Å². The van der Waals surface area contributed by atoms with Gasteiger partial charge >= 0.3 is 5.97 Å². The second-order valence-electron chi connectivity index (χ2n) is 4.89. The largest absolute Gasteiger partial charge is 0.478 e. The fourth-order valence-corrected chi connectivity index (χ4v) is 2.14. The van der Waals surface area contributed by atoms with Crippen molar-refractivity contribution < 1.29 is 9.90 Å². The zero-order valence-electron chi connectivity index (χ0n) is 11.5. The molecule has 104 valence electrons. The third-order valence-electron chi connectivity index (χ3n) is 3.32. The molecule has 3 rings (SSSR count). The molecular weight excluding hydrogens is 264 g/mol. The van der Waals surface area contributed by atoms with Crippen LogP contribution in [0.15, 0.2) is 61.1 Å². The Morgan fingerprint density at radius 2 is 1.90 bits per heavy atom. The zero-order chi connectivity index (χ0) is 14.8. The molecule has 4 nitrogen and oxygen atoms in total.